The maximum Gasteiger partial charge on any atom is 0.362 e. The highest BCUT2D eigenvalue weighted by molar-refractivity contribution is 6.00. The summed E-state index contributed by atoms with van der Waals surface area (Å²) in [5, 5.41) is 18.2. The number of ether oxygens (including phenoxy) is 1. The highest BCUT2D eigenvalue weighted by Crippen LogP contribution is 2.25. The molecule has 1 aromatic carbocycles. The number of carbonyl (C=O) groups excluding carboxylic acids is 1. The van der Waals surface area contributed by atoms with E-state index in [0.717, 1.165) is 6.33 Å². The number of phenols is 1. The Hall–Kier alpha value is -2.83. The normalized spacial score (nSPS) is 10.0. The van der Waals surface area contributed by atoms with Crippen LogP contribution in [0, 0.1) is 0 Å². The zero-order chi connectivity index (χ0) is 13.1. The summed E-state index contributed by atoms with van der Waals surface area (Å²) in [5.41, 5.74) is -0.721. The summed E-state index contributed by atoms with van der Waals surface area (Å²) in [6, 6.07) is 5.84. The van der Waals surface area contributed by atoms with Gasteiger partial charge >= 0.3 is 11.9 Å². The molecule has 0 fully saturated rings. The van der Waals surface area contributed by atoms with Gasteiger partial charge in [-0.3, -0.25) is 0 Å². The number of esters is 1. The van der Waals surface area contributed by atoms with Crippen LogP contribution in [-0.2, 0) is 0 Å². The number of benzene rings is 1. The molecule has 0 bridgehead atoms. The minimum atomic E-state index is -1.35. The molecule has 7 heteroatoms. The van der Waals surface area contributed by atoms with Crippen molar-refractivity contribution >= 4 is 11.9 Å². The van der Waals surface area contributed by atoms with Crippen molar-refractivity contribution in [2.24, 2.45) is 0 Å². The summed E-state index contributed by atoms with van der Waals surface area (Å²) in [6.07, 6.45) is 1.07. The van der Waals surface area contributed by atoms with Crippen LogP contribution in [0.25, 0.3) is 0 Å². The summed E-state index contributed by atoms with van der Waals surface area (Å²) in [6.45, 7) is 0. The average Bonchev–Trinajstić information content (AvgIpc) is 2.81. The van der Waals surface area contributed by atoms with Gasteiger partial charge in [0.2, 0.25) is 0 Å². The molecular formula is C11H8N2O5. The molecule has 2 rings (SSSR count). The third-order valence-corrected chi connectivity index (χ3v) is 2.11. The number of H-pyrrole nitrogens is 1. The fourth-order valence-electron chi connectivity index (χ4n) is 1.31. The molecule has 1 heterocycles. The smallest absolute Gasteiger partial charge is 0.362 e. The van der Waals surface area contributed by atoms with Gasteiger partial charge in [-0.25, -0.2) is 14.6 Å². The molecule has 3 N–H and O–H groups in total. The van der Waals surface area contributed by atoms with Gasteiger partial charge in [0.1, 0.15) is 0 Å². The number of aromatic hydroxyl groups is 1. The number of para-hydroxylation sites is 2. The maximum absolute atomic E-state index is 11.7. The van der Waals surface area contributed by atoms with E-state index in [1.165, 1.54) is 12.1 Å². The first-order chi connectivity index (χ1) is 8.59. The number of carboxylic acid groups (broad SMARTS) is 1. The fraction of sp³-hybridized carbons (Fsp3) is 0. The van der Waals surface area contributed by atoms with E-state index in [0.29, 0.717) is 0 Å². The van der Waals surface area contributed by atoms with Crippen molar-refractivity contribution in [1.82, 2.24) is 9.97 Å². The van der Waals surface area contributed by atoms with Crippen molar-refractivity contribution in [2.75, 3.05) is 0 Å². The number of nitrogens with zero attached hydrogens (tertiary/aromatic N) is 1. The summed E-state index contributed by atoms with van der Waals surface area (Å²) in [7, 11) is 0. The van der Waals surface area contributed by atoms with Gasteiger partial charge in [0.05, 0.1) is 6.33 Å². The van der Waals surface area contributed by atoms with E-state index in [-0.39, 0.29) is 17.2 Å². The van der Waals surface area contributed by atoms with E-state index < -0.39 is 17.6 Å². The minimum Gasteiger partial charge on any atom is -0.504 e. The third-order valence-electron chi connectivity index (χ3n) is 2.11. The van der Waals surface area contributed by atoms with Gasteiger partial charge < -0.3 is 19.9 Å². The molecule has 2 aromatic rings. The molecule has 18 heavy (non-hydrogen) atoms. The molecule has 0 radical (unpaired) electrons. The predicted molar refractivity (Wildman–Crippen MR) is 58.6 cm³/mol. The number of carbonyl (C=O) groups is 2. The number of phenolic OH excluding ortho intramolecular Hbond substituents is 1. The number of aromatic carboxylic acids is 1. The summed E-state index contributed by atoms with van der Waals surface area (Å²) in [5.74, 6) is -2.57. The van der Waals surface area contributed by atoms with Crippen LogP contribution < -0.4 is 4.74 Å². The van der Waals surface area contributed by atoms with Gasteiger partial charge in [-0.1, -0.05) is 12.1 Å². The van der Waals surface area contributed by atoms with Crippen molar-refractivity contribution in [3.05, 3.63) is 42.0 Å². The molecule has 0 aliphatic rings. The van der Waals surface area contributed by atoms with Crippen LogP contribution >= 0.6 is 0 Å². The maximum atomic E-state index is 11.7. The molecular weight excluding hydrogens is 240 g/mol. The topological polar surface area (TPSA) is 113 Å². The number of imidazole rings is 1. The Balaban J connectivity index is 2.25. The average molecular weight is 248 g/mol. The van der Waals surface area contributed by atoms with Crippen LogP contribution in [0.2, 0.25) is 0 Å². The van der Waals surface area contributed by atoms with Crippen molar-refractivity contribution in [3.8, 4) is 11.5 Å². The molecule has 7 nitrogen and oxygen atoms in total. The minimum absolute atomic E-state index is 0.0616. The van der Waals surface area contributed by atoms with Gasteiger partial charge in [-0.15, -0.1) is 0 Å². The third kappa shape index (κ3) is 2.14. The van der Waals surface area contributed by atoms with E-state index in [9.17, 15) is 14.7 Å². The second-order valence-electron chi connectivity index (χ2n) is 3.29. The Labute approximate surface area is 101 Å². The van der Waals surface area contributed by atoms with Gasteiger partial charge in [-0.05, 0) is 12.1 Å². The Morgan fingerprint density at radius 3 is 2.67 bits per heavy atom. The molecule has 0 amide bonds. The monoisotopic (exact) mass is 248 g/mol. The van der Waals surface area contributed by atoms with Crippen LogP contribution in [0.15, 0.2) is 30.6 Å². The predicted octanol–water partition coefficient (Wildman–Crippen LogP) is 1.03. The lowest BCUT2D eigenvalue weighted by Crippen LogP contribution is -2.14. The number of carboxylic acids is 1. The van der Waals surface area contributed by atoms with Crippen LogP contribution in [-0.4, -0.2) is 32.1 Å². The van der Waals surface area contributed by atoms with Gasteiger partial charge in [0, 0.05) is 0 Å². The molecule has 92 valence electrons. The Morgan fingerprint density at radius 2 is 2.00 bits per heavy atom. The number of hydrogen-bond donors (Lipinski definition) is 3. The number of rotatable bonds is 3. The Kier molecular flexibility index (Phi) is 2.96. The second-order valence-corrected chi connectivity index (χ2v) is 3.29. The van der Waals surface area contributed by atoms with E-state index in [2.05, 4.69) is 9.97 Å². The molecule has 0 saturated heterocycles. The molecule has 0 atom stereocenters. The fourth-order valence-corrected chi connectivity index (χ4v) is 1.31. The SMILES string of the molecule is O=C(O)c1nc[nH]c1C(=O)Oc1ccccc1O. The number of aromatic nitrogens is 2. The standard InChI is InChI=1S/C11H8N2O5/c14-6-3-1-2-4-7(6)18-11(17)9-8(10(15)16)12-5-13-9/h1-5,14H,(H,12,13)(H,15,16). The molecule has 1 aromatic heterocycles. The first kappa shape index (κ1) is 11.6. The molecule has 0 saturated carbocycles. The van der Waals surface area contributed by atoms with E-state index >= 15 is 0 Å². The quantitative estimate of drug-likeness (QED) is 0.552. The number of nitrogens with one attached hydrogen (secondary N) is 1. The molecule has 0 unspecified atom stereocenters. The highest BCUT2D eigenvalue weighted by atomic mass is 16.5. The van der Waals surface area contributed by atoms with E-state index in [4.69, 9.17) is 9.84 Å². The number of aromatic amines is 1. The van der Waals surface area contributed by atoms with Crippen molar-refractivity contribution in [3.63, 3.8) is 0 Å². The summed E-state index contributed by atoms with van der Waals surface area (Å²) >= 11 is 0. The van der Waals surface area contributed by atoms with E-state index in [1.54, 1.807) is 12.1 Å². The van der Waals surface area contributed by atoms with Gasteiger partial charge in [-0.2, -0.15) is 0 Å². The second kappa shape index (κ2) is 4.58. The molecule has 0 spiro atoms. The summed E-state index contributed by atoms with van der Waals surface area (Å²) in [4.78, 5) is 28.3. The van der Waals surface area contributed by atoms with Crippen LogP contribution in [0.1, 0.15) is 21.0 Å². The van der Waals surface area contributed by atoms with Crippen molar-refractivity contribution in [1.29, 1.82) is 0 Å². The zero-order valence-electron chi connectivity index (χ0n) is 8.95. The van der Waals surface area contributed by atoms with Gasteiger partial charge in [0.25, 0.3) is 0 Å². The van der Waals surface area contributed by atoms with Gasteiger partial charge in [0.15, 0.2) is 22.9 Å². The first-order valence-corrected chi connectivity index (χ1v) is 4.86. The van der Waals surface area contributed by atoms with Crippen LogP contribution in [0.4, 0.5) is 0 Å². The number of hydrogen-bond acceptors (Lipinski definition) is 5. The lowest BCUT2D eigenvalue weighted by Gasteiger charge is -2.04. The van der Waals surface area contributed by atoms with Crippen LogP contribution in [0.5, 0.6) is 11.5 Å². The highest BCUT2D eigenvalue weighted by Gasteiger charge is 2.22. The van der Waals surface area contributed by atoms with Crippen LogP contribution in [0.3, 0.4) is 0 Å². The lowest BCUT2D eigenvalue weighted by molar-refractivity contribution is 0.0660. The first-order valence-electron chi connectivity index (χ1n) is 4.86. The van der Waals surface area contributed by atoms with Crippen molar-refractivity contribution in [2.45, 2.75) is 0 Å². The lowest BCUT2D eigenvalue weighted by atomic mass is 10.3. The summed E-state index contributed by atoms with van der Waals surface area (Å²) < 4.78 is 4.86. The molecule has 0 aliphatic carbocycles. The largest absolute Gasteiger partial charge is 0.504 e. The Morgan fingerprint density at radius 1 is 1.28 bits per heavy atom. The van der Waals surface area contributed by atoms with Crippen molar-refractivity contribution < 1.29 is 24.5 Å². The zero-order valence-corrected chi connectivity index (χ0v) is 8.95. The van der Waals surface area contributed by atoms with E-state index in [1.807, 2.05) is 0 Å². The Bertz CT molecular complexity index is 605. The molecule has 0 aliphatic heterocycles.